The number of likely N-dealkylation sites (tertiary alicyclic amines) is 1. The number of alkyl halides is 3. The van der Waals surface area contributed by atoms with E-state index in [-0.39, 0.29) is 18.4 Å². The van der Waals surface area contributed by atoms with Crippen LogP contribution in [0.5, 0.6) is 5.75 Å². The number of carbonyl (C=O) groups is 1. The molecule has 0 aromatic heterocycles. The second-order valence-electron chi connectivity index (χ2n) is 6.36. The maximum atomic E-state index is 12.7. The average molecular weight is 328 g/mol. The van der Waals surface area contributed by atoms with Crippen LogP contribution in [0.4, 0.5) is 13.2 Å². The van der Waals surface area contributed by atoms with Crippen molar-refractivity contribution in [2.75, 3.05) is 13.1 Å². The van der Waals surface area contributed by atoms with E-state index >= 15 is 0 Å². The topological polar surface area (TPSA) is 52.6 Å². The quantitative estimate of drug-likeness (QED) is 0.873. The van der Waals surface area contributed by atoms with Crippen molar-refractivity contribution in [1.82, 2.24) is 10.2 Å². The molecular formula is C16H19F3N2O2. The molecule has 0 radical (unpaired) electrons. The highest BCUT2D eigenvalue weighted by Crippen LogP contribution is 2.33. The second-order valence-corrected chi connectivity index (χ2v) is 6.36. The number of nitrogens with one attached hydrogen (secondary N) is 1. The molecule has 0 spiro atoms. The van der Waals surface area contributed by atoms with Crippen molar-refractivity contribution in [3.8, 4) is 5.75 Å². The Kier molecular flexibility index (Phi) is 4.23. The number of amides is 1. The van der Waals surface area contributed by atoms with Crippen molar-refractivity contribution in [1.29, 1.82) is 0 Å². The van der Waals surface area contributed by atoms with Gasteiger partial charge in [-0.3, -0.25) is 4.79 Å². The van der Waals surface area contributed by atoms with Gasteiger partial charge in [-0.25, -0.2) is 0 Å². The van der Waals surface area contributed by atoms with Gasteiger partial charge in [0.05, 0.1) is 5.56 Å². The summed E-state index contributed by atoms with van der Waals surface area (Å²) in [6, 6.07) is 3.47. The molecule has 0 bridgehead atoms. The monoisotopic (exact) mass is 328 g/mol. The van der Waals surface area contributed by atoms with Gasteiger partial charge in [0.1, 0.15) is 5.75 Å². The van der Waals surface area contributed by atoms with E-state index in [0.29, 0.717) is 30.6 Å². The minimum atomic E-state index is -4.48. The van der Waals surface area contributed by atoms with E-state index in [1.165, 1.54) is 6.07 Å². The number of phenols is 1. The highest BCUT2D eigenvalue weighted by molar-refractivity contribution is 5.79. The summed E-state index contributed by atoms with van der Waals surface area (Å²) in [5.74, 6) is -0.0221. The smallest absolute Gasteiger partial charge is 0.416 e. The predicted molar refractivity (Wildman–Crippen MR) is 77.7 cm³/mol. The number of phenolic OH excluding ortho intramolecular Hbond substituents is 1. The Morgan fingerprint density at radius 3 is 2.65 bits per heavy atom. The maximum absolute atomic E-state index is 12.7. The first-order chi connectivity index (χ1) is 10.8. The zero-order valence-electron chi connectivity index (χ0n) is 12.6. The van der Waals surface area contributed by atoms with Gasteiger partial charge in [0.25, 0.3) is 0 Å². The van der Waals surface area contributed by atoms with Gasteiger partial charge in [-0.05, 0) is 42.5 Å². The van der Waals surface area contributed by atoms with Crippen molar-refractivity contribution in [3.63, 3.8) is 0 Å². The molecule has 7 heteroatoms. The van der Waals surface area contributed by atoms with Crippen LogP contribution in [0.25, 0.3) is 0 Å². The normalized spacial score (nSPS) is 22.0. The predicted octanol–water partition coefficient (Wildman–Crippen LogP) is 2.51. The summed E-state index contributed by atoms with van der Waals surface area (Å²) in [4.78, 5) is 13.8. The number of hydrogen-bond acceptors (Lipinski definition) is 3. The minimum absolute atomic E-state index is 0.177. The van der Waals surface area contributed by atoms with Gasteiger partial charge in [0, 0.05) is 32.1 Å². The molecule has 1 aliphatic carbocycles. The van der Waals surface area contributed by atoms with Crippen LogP contribution in [0.2, 0.25) is 0 Å². The Balaban J connectivity index is 1.53. The van der Waals surface area contributed by atoms with E-state index in [9.17, 15) is 23.1 Å². The van der Waals surface area contributed by atoms with Crippen LogP contribution in [0.3, 0.4) is 0 Å². The number of benzene rings is 1. The number of nitrogens with zero attached hydrogens (tertiary/aromatic N) is 1. The molecule has 3 rings (SSSR count). The largest absolute Gasteiger partial charge is 0.508 e. The fourth-order valence-electron chi connectivity index (χ4n) is 3.04. The molecule has 1 heterocycles. The first kappa shape index (κ1) is 16.1. The van der Waals surface area contributed by atoms with E-state index in [0.717, 1.165) is 25.5 Å². The van der Waals surface area contributed by atoms with Crippen LogP contribution in [0.15, 0.2) is 18.2 Å². The first-order valence-corrected chi connectivity index (χ1v) is 7.73. The Bertz CT molecular complexity index is 599. The van der Waals surface area contributed by atoms with Crippen molar-refractivity contribution in [3.05, 3.63) is 29.3 Å². The molecule has 126 valence electrons. The van der Waals surface area contributed by atoms with E-state index in [4.69, 9.17) is 0 Å². The lowest BCUT2D eigenvalue weighted by Crippen LogP contribution is -2.29. The van der Waals surface area contributed by atoms with Crippen LogP contribution in [0, 0.1) is 5.92 Å². The standard InChI is InChI=1S/C16H19F3N2O2/c17-16(18,19)12-3-10(4-14(22)6-12)7-20-8-11-5-15(23)21(9-11)13-1-2-13/h3-4,6,11,13,20,22H,1-2,5,7-9H2. The number of halogens is 3. The van der Waals surface area contributed by atoms with Crippen LogP contribution in [-0.4, -0.2) is 35.0 Å². The Morgan fingerprint density at radius 2 is 2.00 bits per heavy atom. The highest BCUT2D eigenvalue weighted by atomic mass is 19.4. The number of rotatable bonds is 5. The maximum Gasteiger partial charge on any atom is 0.416 e. The van der Waals surface area contributed by atoms with Crippen molar-refractivity contribution in [2.24, 2.45) is 5.92 Å². The fraction of sp³-hybridized carbons (Fsp3) is 0.562. The minimum Gasteiger partial charge on any atom is -0.508 e. The van der Waals surface area contributed by atoms with Crippen molar-refractivity contribution >= 4 is 5.91 Å². The second kappa shape index (κ2) is 6.03. The summed E-state index contributed by atoms with van der Waals surface area (Å²) in [7, 11) is 0. The molecule has 2 N–H and O–H groups in total. The number of aromatic hydroxyl groups is 1. The van der Waals surface area contributed by atoms with E-state index < -0.39 is 17.5 Å². The highest BCUT2D eigenvalue weighted by Gasteiger charge is 2.39. The van der Waals surface area contributed by atoms with E-state index in [1.54, 1.807) is 0 Å². The summed E-state index contributed by atoms with van der Waals surface area (Å²) in [6.07, 6.45) is -1.82. The molecular weight excluding hydrogens is 309 g/mol. The molecule has 1 aromatic carbocycles. The number of carbonyl (C=O) groups excluding carboxylic acids is 1. The van der Waals surface area contributed by atoms with Crippen LogP contribution >= 0.6 is 0 Å². The zero-order valence-corrected chi connectivity index (χ0v) is 12.6. The van der Waals surface area contributed by atoms with E-state index in [2.05, 4.69) is 5.32 Å². The summed E-state index contributed by atoms with van der Waals surface area (Å²) in [5, 5.41) is 12.5. The summed E-state index contributed by atoms with van der Waals surface area (Å²) in [5.41, 5.74) is -0.481. The average Bonchev–Trinajstić information content (AvgIpc) is 3.21. The molecule has 1 aromatic rings. The number of hydrogen-bond donors (Lipinski definition) is 2. The van der Waals surface area contributed by atoms with Gasteiger partial charge in [0.2, 0.25) is 5.91 Å². The summed E-state index contributed by atoms with van der Waals surface area (Å²) in [6.45, 7) is 1.53. The molecule has 2 aliphatic rings. The molecule has 2 fully saturated rings. The van der Waals surface area contributed by atoms with Gasteiger partial charge < -0.3 is 15.3 Å². The Labute approximate surface area is 132 Å². The Hall–Kier alpha value is -1.76. The molecule has 1 amide bonds. The fourth-order valence-corrected chi connectivity index (χ4v) is 3.04. The van der Waals surface area contributed by atoms with Gasteiger partial charge >= 0.3 is 6.18 Å². The van der Waals surface area contributed by atoms with Gasteiger partial charge in [-0.2, -0.15) is 13.2 Å². The van der Waals surface area contributed by atoms with E-state index in [1.807, 2.05) is 4.90 Å². The van der Waals surface area contributed by atoms with Gasteiger partial charge in [-0.15, -0.1) is 0 Å². The third-order valence-electron chi connectivity index (χ3n) is 4.29. The lowest BCUT2D eigenvalue weighted by Gasteiger charge is -2.16. The van der Waals surface area contributed by atoms with Gasteiger partial charge in [0.15, 0.2) is 0 Å². The summed E-state index contributed by atoms with van der Waals surface area (Å²) >= 11 is 0. The molecule has 1 aliphatic heterocycles. The molecule has 4 nitrogen and oxygen atoms in total. The SMILES string of the molecule is O=C1CC(CNCc2cc(O)cc(C(F)(F)F)c2)CN1C1CC1. The molecule has 23 heavy (non-hydrogen) atoms. The van der Waals surface area contributed by atoms with Crippen LogP contribution in [0.1, 0.15) is 30.4 Å². The first-order valence-electron chi connectivity index (χ1n) is 7.73. The molecule has 1 unspecified atom stereocenters. The summed E-state index contributed by atoms with van der Waals surface area (Å²) < 4.78 is 38.1. The third kappa shape index (κ3) is 3.96. The van der Waals surface area contributed by atoms with Crippen molar-refractivity contribution in [2.45, 2.75) is 38.0 Å². The molecule has 1 saturated carbocycles. The van der Waals surface area contributed by atoms with Crippen LogP contribution in [-0.2, 0) is 17.5 Å². The lowest BCUT2D eigenvalue weighted by molar-refractivity contribution is -0.137. The van der Waals surface area contributed by atoms with Crippen LogP contribution < -0.4 is 5.32 Å². The third-order valence-corrected chi connectivity index (χ3v) is 4.29. The lowest BCUT2D eigenvalue weighted by atomic mass is 10.1. The van der Waals surface area contributed by atoms with Crippen molar-refractivity contribution < 1.29 is 23.1 Å². The molecule has 1 saturated heterocycles. The molecule has 1 atom stereocenters. The van der Waals surface area contributed by atoms with Gasteiger partial charge in [-0.1, -0.05) is 0 Å². The Morgan fingerprint density at radius 1 is 1.26 bits per heavy atom. The zero-order chi connectivity index (χ0) is 16.6.